The van der Waals surface area contributed by atoms with Crippen LogP contribution in [0.1, 0.15) is 24.2 Å². The van der Waals surface area contributed by atoms with Gasteiger partial charge in [0.15, 0.2) is 0 Å². The van der Waals surface area contributed by atoms with Crippen LogP contribution in [0.3, 0.4) is 0 Å². The van der Waals surface area contributed by atoms with Gasteiger partial charge >= 0.3 is 0 Å². The molecule has 0 N–H and O–H groups in total. The molecule has 0 fully saturated rings. The number of hydrogen-bond donors (Lipinski definition) is 0. The van der Waals surface area contributed by atoms with E-state index in [0.29, 0.717) is 0 Å². The van der Waals surface area contributed by atoms with Crippen LogP contribution in [-0.2, 0) is 7.05 Å². The fourth-order valence-electron chi connectivity index (χ4n) is 0.995. The molecule has 0 saturated heterocycles. The molecule has 3 nitrogen and oxygen atoms in total. The average Bonchev–Trinajstić information content (AvgIpc) is 2.32. The van der Waals surface area contributed by atoms with Crippen molar-refractivity contribution in [3.8, 4) is 0 Å². The molecule has 1 unspecified atom stereocenters. The molecule has 0 aromatic carbocycles. The fraction of sp³-hybridized carbons (Fsp3) is 0.500. The highest BCUT2D eigenvalue weighted by molar-refractivity contribution is 5.21. The quantitative estimate of drug-likeness (QED) is 0.557. The molecule has 1 aromatic heterocycles. The maximum atomic E-state index is 6.84. The van der Waals surface area contributed by atoms with Gasteiger partial charge in [-0.25, -0.2) is 6.57 Å². The zero-order chi connectivity index (χ0) is 8.43. The summed E-state index contributed by atoms with van der Waals surface area (Å²) in [6.45, 7) is 10.7. The van der Waals surface area contributed by atoms with Crippen molar-refractivity contribution in [3.05, 3.63) is 28.9 Å². The van der Waals surface area contributed by atoms with Crippen molar-refractivity contribution >= 4 is 0 Å². The SMILES string of the molecule is [C-]#[N+]C(C)c1cnn(C)c1C. The lowest BCUT2D eigenvalue weighted by molar-refractivity contribution is 0.736. The first-order chi connectivity index (χ1) is 5.16. The molecule has 1 aromatic rings. The van der Waals surface area contributed by atoms with E-state index in [9.17, 15) is 0 Å². The number of aryl methyl sites for hydroxylation is 1. The summed E-state index contributed by atoms with van der Waals surface area (Å²) in [5, 5.41) is 4.06. The maximum absolute atomic E-state index is 6.84. The topological polar surface area (TPSA) is 22.2 Å². The summed E-state index contributed by atoms with van der Waals surface area (Å²) in [6, 6.07) is -0.0660. The van der Waals surface area contributed by atoms with Gasteiger partial charge in [-0.3, -0.25) is 4.68 Å². The smallest absolute Gasteiger partial charge is 0.249 e. The van der Waals surface area contributed by atoms with E-state index in [2.05, 4.69) is 9.94 Å². The zero-order valence-corrected chi connectivity index (χ0v) is 7.00. The van der Waals surface area contributed by atoms with Gasteiger partial charge in [0, 0.05) is 19.7 Å². The Hall–Kier alpha value is -1.30. The number of rotatable bonds is 1. The Balaban J connectivity index is 3.07. The van der Waals surface area contributed by atoms with Gasteiger partial charge in [-0.2, -0.15) is 5.10 Å². The summed E-state index contributed by atoms with van der Waals surface area (Å²) in [7, 11) is 1.88. The van der Waals surface area contributed by atoms with Crippen LogP contribution in [0.2, 0.25) is 0 Å². The summed E-state index contributed by atoms with van der Waals surface area (Å²) >= 11 is 0. The van der Waals surface area contributed by atoms with Crippen molar-refractivity contribution < 1.29 is 0 Å². The van der Waals surface area contributed by atoms with E-state index in [1.807, 2.05) is 20.9 Å². The molecule has 0 aliphatic heterocycles. The Kier molecular flexibility index (Phi) is 1.95. The van der Waals surface area contributed by atoms with Gasteiger partial charge in [0.2, 0.25) is 6.04 Å². The Morgan fingerprint density at radius 3 is 2.73 bits per heavy atom. The first-order valence-corrected chi connectivity index (χ1v) is 3.52. The average molecular weight is 149 g/mol. The normalized spacial score (nSPS) is 12.5. The van der Waals surface area contributed by atoms with E-state index in [-0.39, 0.29) is 6.04 Å². The summed E-state index contributed by atoms with van der Waals surface area (Å²) in [6.07, 6.45) is 1.76. The van der Waals surface area contributed by atoms with Crippen LogP contribution in [0.4, 0.5) is 0 Å². The van der Waals surface area contributed by atoms with Gasteiger partial charge in [0.25, 0.3) is 0 Å². The van der Waals surface area contributed by atoms with Crippen molar-refractivity contribution in [1.82, 2.24) is 9.78 Å². The van der Waals surface area contributed by atoms with Gasteiger partial charge in [-0.15, -0.1) is 0 Å². The molecule has 58 valence electrons. The highest BCUT2D eigenvalue weighted by Gasteiger charge is 2.14. The zero-order valence-electron chi connectivity index (χ0n) is 7.00. The molecule has 3 heteroatoms. The van der Waals surface area contributed by atoms with Crippen molar-refractivity contribution in [2.45, 2.75) is 19.9 Å². The van der Waals surface area contributed by atoms with E-state index in [1.54, 1.807) is 10.9 Å². The van der Waals surface area contributed by atoms with Gasteiger partial charge in [0.05, 0.1) is 11.8 Å². The molecule has 1 rings (SSSR count). The van der Waals surface area contributed by atoms with Crippen LogP contribution in [-0.4, -0.2) is 9.78 Å². The van der Waals surface area contributed by atoms with Gasteiger partial charge in [-0.05, 0) is 6.92 Å². The van der Waals surface area contributed by atoms with E-state index in [0.717, 1.165) is 11.3 Å². The number of hydrogen-bond acceptors (Lipinski definition) is 1. The lowest BCUT2D eigenvalue weighted by Gasteiger charge is -1.97. The van der Waals surface area contributed by atoms with Crippen LogP contribution >= 0.6 is 0 Å². The second-order valence-electron chi connectivity index (χ2n) is 2.61. The summed E-state index contributed by atoms with van der Waals surface area (Å²) in [5.74, 6) is 0. The number of nitrogens with zero attached hydrogens (tertiary/aromatic N) is 3. The lowest BCUT2D eigenvalue weighted by atomic mass is 10.1. The third-order valence-corrected chi connectivity index (χ3v) is 1.92. The van der Waals surface area contributed by atoms with E-state index in [1.165, 1.54) is 0 Å². The molecule has 1 atom stereocenters. The predicted octanol–water partition coefficient (Wildman–Crippen LogP) is 1.71. The fourth-order valence-corrected chi connectivity index (χ4v) is 0.995. The summed E-state index contributed by atoms with van der Waals surface area (Å²) < 4.78 is 1.79. The van der Waals surface area contributed by atoms with Crippen molar-refractivity contribution in [2.24, 2.45) is 7.05 Å². The minimum Gasteiger partial charge on any atom is -0.309 e. The molecule has 0 bridgehead atoms. The lowest BCUT2D eigenvalue weighted by Crippen LogP contribution is -1.94. The highest BCUT2D eigenvalue weighted by Crippen LogP contribution is 2.18. The van der Waals surface area contributed by atoms with Crippen LogP contribution in [0.25, 0.3) is 4.85 Å². The van der Waals surface area contributed by atoms with E-state index < -0.39 is 0 Å². The van der Waals surface area contributed by atoms with Gasteiger partial charge in [0.1, 0.15) is 0 Å². The Morgan fingerprint density at radius 2 is 2.36 bits per heavy atom. The second kappa shape index (κ2) is 2.75. The van der Waals surface area contributed by atoms with E-state index in [4.69, 9.17) is 6.57 Å². The molecular formula is C8H11N3. The molecule has 0 radical (unpaired) electrons. The minimum atomic E-state index is -0.0660. The highest BCUT2D eigenvalue weighted by atomic mass is 15.3. The monoisotopic (exact) mass is 149 g/mol. The molecule has 0 amide bonds. The van der Waals surface area contributed by atoms with Crippen molar-refractivity contribution in [3.63, 3.8) is 0 Å². The molecule has 1 heterocycles. The first kappa shape index (κ1) is 7.80. The third kappa shape index (κ3) is 1.25. The maximum Gasteiger partial charge on any atom is 0.249 e. The second-order valence-corrected chi connectivity index (χ2v) is 2.61. The molecule has 0 spiro atoms. The minimum absolute atomic E-state index is 0.0660. The first-order valence-electron chi connectivity index (χ1n) is 3.52. The standard InChI is InChI=1S/C8H11N3/c1-6(9-3)8-5-10-11(4)7(8)2/h5-6H,1-2,4H3. The summed E-state index contributed by atoms with van der Waals surface area (Å²) in [5.41, 5.74) is 2.11. The van der Waals surface area contributed by atoms with Gasteiger partial charge < -0.3 is 4.85 Å². The van der Waals surface area contributed by atoms with Crippen molar-refractivity contribution in [2.75, 3.05) is 0 Å². The molecule has 0 aliphatic carbocycles. The third-order valence-electron chi connectivity index (χ3n) is 1.92. The molecule has 0 aliphatic rings. The Labute approximate surface area is 66.5 Å². The van der Waals surface area contributed by atoms with Crippen LogP contribution in [0.5, 0.6) is 0 Å². The largest absolute Gasteiger partial charge is 0.309 e. The Bertz CT molecular complexity index is 293. The number of aromatic nitrogens is 2. The predicted molar refractivity (Wildman–Crippen MR) is 43.0 cm³/mol. The Morgan fingerprint density at radius 1 is 1.73 bits per heavy atom. The summed E-state index contributed by atoms with van der Waals surface area (Å²) in [4.78, 5) is 3.43. The van der Waals surface area contributed by atoms with Gasteiger partial charge in [-0.1, -0.05) is 0 Å². The molecule has 11 heavy (non-hydrogen) atoms. The van der Waals surface area contributed by atoms with Crippen molar-refractivity contribution in [1.29, 1.82) is 0 Å². The van der Waals surface area contributed by atoms with Crippen LogP contribution in [0.15, 0.2) is 6.20 Å². The van der Waals surface area contributed by atoms with Crippen LogP contribution < -0.4 is 0 Å². The van der Waals surface area contributed by atoms with E-state index >= 15 is 0 Å². The van der Waals surface area contributed by atoms with Crippen LogP contribution in [0, 0.1) is 13.5 Å². The molecule has 0 saturated carbocycles. The molecular weight excluding hydrogens is 138 g/mol.